The quantitative estimate of drug-likeness (QED) is 0.598. The van der Waals surface area contributed by atoms with Crippen molar-refractivity contribution in [2.75, 3.05) is 26.6 Å². The smallest absolute Gasteiger partial charge is 0.225 e. The second-order valence-corrected chi connectivity index (χ2v) is 7.28. The van der Waals surface area contributed by atoms with E-state index in [0.29, 0.717) is 36.0 Å². The van der Waals surface area contributed by atoms with Crippen LogP contribution in [0.3, 0.4) is 0 Å². The predicted molar refractivity (Wildman–Crippen MR) is 118 cm³/mol. The van der Waals surface area contributed by atoms with Crippen LogP contribution >= 0.6 is 0 Å². The van der Waals surface area contributed by atoms with E-state index in [-0.39, 0.29) is 11.8 Å². The van der Waals surface area contributed by atoms with Gasteiger partial charge in [-0.15, -0.1) is 0 Å². The molecule has 0 fully saturated rings. The van der Waals surface area contributed by atoms with Gasteiger partial charge in [-0.2, -0.15) is 0 Å². The summed E-state index contributed by atoms with van der Waals surface area (Å²) < 4.78 is 22.4. The molecule has 4 rings (SSSR count). The average molecular weight is 419 g/mol. The van der Waals surface area contributed by atoms with Crippen LogP contribution in [0.1, 0.15) is 29.0 Å². The number of fused-ring (bicyclic) bond motifs is 1. The van der Waals surface area contributed by atoms with Crippen LogP contribution in [0, 0.1) is 0 Å². The van der Waals surface area contributed by atoms with Crippen molar-refractivity contribution in [3.05, 3.63) is 77.4 Å². The van der Waals surface area contributed by atoms with E-state index in [9.17, 15) is 4.79 Å². The first-order chi connectivity index (χ1) is 15.1. The summed E-state index contributed by atoms with van der Waals surface area (Å²) in [7, 11) is 4.79. The van der Waals surface area contributed by atoms with Gasteiger partial charge in [0.2, 0.25) is 5.91 Å². The highest BCUT2D eigenvalue weighted by molar-refractivity contribution is 5.96. The molecular weight excluding hydrogens is 394 g/mol. The number of amides is 1. The van der Waals surface area contributed by atoms with Gasteiger partial charge in [0.15, 0.2) is 23.0 Å². The number of anilines is 1. The lowest BCUT2D eigenvalue weighted by Crippen LogP contribution is -2.23. The second-order valence-electron chi connectivity index (χ2n) is 7.28. The molecule has 1 N–H and O–H groups in total. The summed E-state index contributed by atoms with van der Waals surface area (Å²) in [6.07, 6.45) is 0.329. The molecule has 0 radical (unpaired) electrons. The van der Waals surface area contributed by atoms with Crippen LogP contribution < -0.4 is 24.3 Å². The molecular formula is C25H25NO5. The molecule has 0 aliphatic carbocycles. The van der Waals surface area contributed by atoms with E-state index in [1.54, 1.807) is 27.4 Å². The van der Waals surface area contributed by atoms with Crippen molar-refractivity contribution in [2.24, 2.45) is 0 Å². The number of ether oxygens (including phenoxy) is 4. The third-order valence-electron chi connectivity index (χ3n) is 5.42. The van der Waals surface area contributed by atoms with Gasteiger partial charge < -0.3 is 24.3 Å². The molecule has 1 aliphatic rings. The van der Waals surface area contributed by atoms with Crippen LogP contribution in [-0.2, 0) is 11.4 Å². The van der Waals surface area contributed by atoms with Crippen LogP contribution in [0.4, 0.5) is 5.69 Å². The zero-order chi connectivity index (χ0) is 21.8. The largest absolute Gasteiger partial charge is 0.493 e. The molecule has 31 heavy (non-hydrogen) atoms. The number of rotatable bonds is 7. The fourth-order valence-electron chi connectivity index (χ4n) is 3.84. The lowest BCUT2D eigenvalue weighted by Gasteiger charge is -2.27. The Labute approximate surface area is 181 Å². The summed E-state index contributed by atoms with van der Waals surface area (Å²) in [6, 6.07) is 19.5. The Morgan fingerprint density at radius 1 is 0.839 bits per heavy atom. The van der Waals surface area contributed by atoms with Crippen molar-refractivity contribution >= 4 is 11.6 Å². The molecule has 3 aromatic carbocycles. The van der Waals surface area contributed by atoms with Crippen molar-refractivity contribution in [2.45, 2.75) is 18.9 Å². The fraction of sp³-hybridized carbons (Fsp3) is 0.240. The van der Waals surface area contributed by atoms with Crippen LogP contribution in [0.15, 0.2) is 60.7 Å². The summed E-state index contributed by atoms with van der Waals surface area (Å²) >= 11 is 0. The predicted octanol–water partition coefficient (Wildman–Crippen LogP) is 4.77. The lowest BCUT2D eigenvalue weighted by atomic mass is 9.84. The van der Waals surface area contributed by atoms with E-state index in [1.165, 1.54) is 0 Å². The van der Waals surface area contributed by atoms with E-state index in [4.69, 9.17) is 18.9 Å². The van der Waals surface area contributed by atoms with Crippen molar-refractivity contribution in [3.63, 3.8) is 0 Å². The van der Waals surface area contributed by atoms with Gasteiger partial charge in [-0.25, -0.2) is 0 Å². The standard InChI is InChI=1S/C25H25NO5/c1-28-22-11-17(9-10-21(22)31-15-16-7-5-4-6-8-16)18-13-25(27)26-20-14-24(30-3)23(29-2)12-19(18)20/h4-12,14,18H,13,15H2,1-3H3,(H,26,27)/t18-/m1/s1. The number of methoxy groups -OCH3 is 3. The number of carbonyl (C=O) groups is 1. The molecule has 1 atom stereocenters. The van der Waals surface area contributed by atoms with Gasteiger partial charge in [0.05, 0.1) is 21.3 Å². The van der Waals surface area contributed by atoms with Gasteiger partial charge in [0, 0.05) is 24.1 Å². The van der Waals surface area contributed by atoms with Gasteiger partial charge in [-0.05, 0) is 34.9 Å². The topological polar surface area (TPSA) is 66.0 Å². The molecule has 0 saturated heterocycles. The van der Waals surface area contributed by atoms with Crippen LogP contribution in [0.2, 0.25) is 0 Å². The molecule has 0 saturated carbocycles. The third-order valence-corrected chi connectivity index (χ3v) is 5.42. The molecule has 6 nitrogen and oxygen atoms in total. The molecule has 0 spiro atoms. The Morgan fingerprint density at radius 3 is 2.23 bits per heavy atom. The zero-order valence-corrected chi connectivity index (χ0v) is 17.8. The maximum atomic E-state index is 12.4. The molecule has 1 amide bonds. The van der Waals surface area contributed by atoms with Gasteiger partial charge in [-0.3, -0.25) is 4.79 Å². The zero-order valence-electron chi connectivity index (χ0n) is 17.8. The maximum absolute atomic E-state index is 12.4. The normalized spacial score (nSPS) is 14.9. The summed E-state index contributed by atoms with van der Waals surface area (Å²) in [6.45, 7) is 0.447. The van der Waals surface area contributed by atoms with Crippen molar-refractivity contribution in [1.29, 1.82) is 0 Å². The number of benzene rings is 3. The highest BCUT2D eigenvalue weighted by Gasteiger charge is 2.29. The lowest BCUT2D eigenvalue weighted by molar-refractivity contribution is -0.116. The Kier molecular flexibility index (Phi) is 5.98. The highest BCUT2D eigenvalue weighted by Crippen LogP contribution is 2.44. The van der Waals surface area contributed by atoms with Crippen molar-refractivity contribution < 1.29 is 23.7 Å². The van der Waals surface area contributed by atoms with Crippen LogP contribution in [0.25, 0.3) is 0 Å². The molecule has 6 heteroatoms. The van der Waals surface area contributed by atoms with Crippen molar-refractivity contribution in [3.8, 4) is 23.0 Å². The number of hydrogen-bond acceptors (Lipinski definition) is 5. The number of nitrogens with one attached hydrogen (secondary N) is 1. The first kappa shape index (κ1) is 20.6. The summed E-state index contributed by atoms with van der Waals surface area (Å²) in [5.74, 6) is 2.29. The maximum Gasteiger partial charge on any atom is 0.225 e. The molecule has 1 heterocycles. The third kappa shape index (κ3) is 4.28. The van der Waals surface area contributed by atoms with E-state index >= 15 is 0 Å². The fourth-order valence-corrected chi connectivity index (χ4v) is 3.84. The summed E-state index contributed by atoms with van der Waals surface area (Å²) in [5, 5.41) is 2.93. The monoisotopic (exact) mass is 419 g/mol. The van der Waals surface area contributed by atoms with Gasteiger partial charge in [0.25, 0.3) is 0 Å². The van der Waals surface area contributed by atoms with Gasteiger partial charge in [-0.1, -0.05) is 36.4 Å². The second kappa shape index (κ2) is 9.00. The molecule has 0 aromatic heterocycles. The Balaban J connectivity index is 1.66. The first-order valence-corrected chi connectivity index (χ1v) is 10.0. The SMILES string of the molecule is COc1cc2c(cc1OC)[C@@H](c1ccc(OCc3ccccc3)c(OC)c1)CC(=O)N2. The van der Waals surface area contributed by atoms with E-state index < -0.39 is 0 Å². The highest BCUT2D eigenvalue weighted by atomic mass is 16.5. The molecule has 1 aliphatic heterocycles. The van der Waals surface area contributed by atoms with E-state index in [2.05, 4.69) is 5.32 Å². The average Bonchev–Trinajstić information content (AvgIpc) is 2.81. The molecule has 160 valence electrons. The van der Waals surface area contributed by atoms with E-state index in [0.717, 1.165) is 22.4 Å². The molecule has 0 unspecified atom stereocenters. The number of hydrogen-bond donors (Lipinski definition) is 1. The first-order valence-electron chi connectivity index (χ1n) is 10.0. The van der Waals surface area contributed by atoms with Gasteiger partial charge in [0.1, 0.15) is 6.61 Å². The summed E-state index contributed by atoms with van der Waals surface area (Å²) in [4.78, 5) is 12.4. The Hall–Kier alpha value is -3.67. The minimum atomic E-state index is -0.138. The Bertz CT molecular complexity index is 1080. The van der Waals surface area contributed by atoms with Crippen LogP contribution in [-0.4, -0.2) is 27.2 Å². The van der Waals surface area contributed by atoms with Crippen LogP contribution in [0.5, 0.6) is 23.0 Å². The summed E-state index contributed by atoms with van der Waals surface area (Å²) in [5.41, 5.74) is 3.74. The molecule has 3 aromatic rings. The van der Waals surface area contributed by atoms with Gasteiger partial charge >= 0.3 is 0 Å². The van der Waals surface area contributed by atoms with Crippen molar-refractivity contribution in [1.82, 2.24) is 0 Å². The number of carbonyl (C=O) groups excluding carboxylic acids is 1. The molecule has 0 bridgehead atoms. The Morgan fingerprint density at radius 2 is 1.52 bits per heavy atom. The minimum absolute atomic E-state index is 0.0481. The minimum Gasteiger partial charge on any atom is -0.493 e. The van der Waals surface area contributed by atoms with E-state index in [1.807, 2.05) is 54.6 Å².